The number of halogens is 2. The van der Waals surface area contributed by atoms with E-state index in [1.165, 1.54) is 30.4 Å². The summed E-state index contributed by atoms with van der Waals surface area (Å²) in [6, 6.07) is 9.57. The fourth-order valence-corrected chi connectivity index (χ4v) is 4.45. The molecule has 0 saturated heterocycles. The van der Waals surface area contributed by atoms with Gasteiger partial charge in [-0.05, 0) is 46.6 Å². The summed E-state index contributed by atoms with van der Waals surface area (Å²) in [7, 11) is 0. The number of benzene rings is 2. The number of fused-ring (bicyclic) bond motifs is 1. The van der Waals surface area contributed by atoms with E-state index in [0.717, 1.165) is 5.56 Å². The van der Waals surface area contributed by atoms with Crippen LogP contribution in [0.4, 0.5) is 9.39 Å². The molecule has 3 rings (SSSR count). The predicted octanol–water partition coefficient (Wildman–Crippen LogP) is 5.52. The van der Waals surface area contributed by atoms with Crippen LogP contribution in [-0.4, -0.2) is 18.5 Å². The molecule has 28 heavy (non-hydrogen) atoms. The van der Waals surface area contributed by atoms with Gasteiger partial charge in [-0.3, -0.25) is 4.79 Å². The highest BCUT2D eigenvalue weighted by atomic mass is 79.9. The maximum Gasteiger partial charge on any atom is 0.341 e. The summed E-state index contributed by atoms with van der Waals surface area (Å²) >= 11 is 4.71. The van der Waals surface area contributed by atoms with E-state index < -0.39 is 5.97 Å². The number of nitrogens with one attached hydrogen (secondary N) is 1. The minimum absolute atomic E-state index is 0.222. The van der Waals surface area contributed by atoms with Gasteiger partial charge in [0.1, 0.15) is 23.0 Å². The van der Waals surface area contributed by atoms with Crippen molar-refractivity contribution < 1.29 is 23.5 Å². The number of rotatable bonds is 6. The molecule has 5 nitrogen and oxygen atoms in total. The van der Waals surface area contributed by atoms with Gasteiger partial charge in [-0.2, -0.15) is 0 Å². The first-order chi connectivity index (χ1) is 13.4. The molecule has 0 aliphatic heterocycles. The number of esters is 1. The highest BCUT2D eigenvalue weighted by Crippen LogP contribution is 2.44. The monoisotopic (exact) mass is 465 g/mol. The second-order valence-electron chi connectivity index (χ2n) is 5.88. The number of hydrogen-bond acceptors (Lipinski definition) is 5. The lowest BCUT2D eigenvalue weighted by Crippen LogP contribution is -2.10. The predicted molar refractivity (Wildman–Crippen MR) is 111 cm³/mol. The van der Waals surface area contributed by atoms with Crippen LogP contribution in [0.5, 0.6) is 5.75 Å². The minimum Gasteiger partial charge on any atom is -0.486 e. The third kappa shape index (κ3) is 4.34. The van der Waals surface area contributed by atoms with Crippen LogP contribution in [0.25, 0.3) is 10.1 Å². The van der Waals surface area contributed by atoms with Crippen molar-refractivity contribution >= 4 is 54.2 Å². The molecule has 0 aliphatic carbocycles. The average Bonchev–Trinajstić information content (AvgIpc) is 3.00. The lowest BCUT2D eigenvalue weighted by molar-refractivity contribution is -0.114. The van der Waals surface area contributed by atoms with Crippen LogP contribution in [0, 0.1) is 5.82 Å². The minimum atomic E-state index is -0.510. The molecule has 0 saturated carbocycles. The zero-order chi connectivity index (χ0) is 20.3. The molecule has 3 aromatic rings. The van der Waals surface area contributed by atoms with Gasteiger partial charge in [-0.25, -0.2) is 9.18 Å². The Hall–Kier alpha value is -2.45. The third-order valence-corrected chi connectivity index (χ3v) is 5.57. The molecule has 2 aromatic carbocycles. The van der Waals surface area contributed by atoms with Crippen molar-refractivity contribution in [3.05, 3.63) is 57.8 Å². The Morgan fingerprint density at radius 3 is 2.54 bits per heavy atom. The van der Waals surface area contributed by atoms with Crippen molar-refractivity contribution in [2.45, 2.75) is 20.5 Å². The molecule has 0 bridgehead atoms. The molecule has 1 amide bonds. The molecular weight excluding hydrogens is 449 g/mol. The topological polar surface area (TPSA) is 64.6 Å². The molecule has 0 fully saturated rings. The molecule has 0 radical (unpaired) electrons. The molecule has 0 aliphatic rings. The SMILES string of the molecule is CCOC(=O)c1c(NC(C)=O)sc2c(OCc3ccc(F)cc3)c(Br)ccc12. The van der Waals surface area contributed by atoms with Crippen molar-refractivity contribution in [1.82, 2.24) is 0 Å². The van der Waals surface area contributed by atoms with Crippen LogP contribution < -0.4 is 10.1 Å². The van der Waals surface area contributed by atoms with Crippen molar-refractivity contribution in [3.8, 4) is 5.75 Å². The first-order valence-electron chi connectivity index (χ1n) is 8.47. The van der Waals surface area contributed by atoms with Gasteiger partial charge in [0.25, 0.3) is 0 Å². The summed E-state index contributed by atoms with van der Waals surface area (Å²) in [5.41, 5.74) is 1.10. The van der Waals surface area contributed by atoms with Crippen molar-refractivity contribution in [1.29, 1.82) is 0 Å². The first-order valence-corrected chi connectivity index (χ1v) is 10.1. The molecule has 0 spiro atoms. The molecular formula is C20H17BrFNO4S. The standard InChI is InChI=1S/C20H17BrFNO4S/c1-3-26-20(25)16-14-8-9-15(21)17(18(14)28-19(16)23-11(2)24)27-10-12-4-6-13(22)7-5-12/h4-9H,3,10H2,1-2H3,(H,23,24). The van der Waals surface area contributed by atoms with E-state index in [4.69, 9.17) is 9.47 Å². The number of carbonyl (C=O) groups excluding carboxylic acids is 2. The molecule has 146 valence electrons. The number of amides is 1. The van der Waals surface area contributed by atoms with E-state index in [9.17, 15) is 14.0 Å². The van der Waals surface area contributed by atoms with Crippen LogP contribution in [0.3, 0.4) is 0 Å². The van der Waals surface area contributed by atoms with Crippen LogP contribution in [0.1, 0.15) is 29.8 Å². The van der Waals surface area contributed by atoms with Crippen LogP contribution in [-0.2, 0) is 16.1 Å². The number of carbonyl (C=O) groups is 2. The normalized spacial score (nSPS) is 10.7. The van der Waals surface area contributed by atoms with E-state index in [1.807, 2.05) is 0 Å². The largest absolute Gasteiger partial charge is 0.486 e. The van der Waals surface area contributed by atoms with Gasteiger partial charge in [0.15, 0.2) is 5.75 Å². The second kappa shape index (κ2) is 8.70. The Morgan fingerprint density at radius 2 is 1.89 bits per heavy atom. The maximum absolute atomic E-state index is 13.1. The molecule has 0 atom stereocenters. The van der Waals surface area contributed by atoms with Crippen molar-refractivity contribution in [2.24, 2.45) is 0 Å². The highest BCUT2D eigenvalue weighted by Gasteiger charge is 2.24. The zero-order valence-corrected chi connectivity index (χ0v) is 17.6. The fourth-order valence-electron chi connectivity index (χ4n) is 2.64. The Labute approximate surface area is 173 Å². The summed E-state index contributed by atoms with van der Waals surface area (Å²) in [6.07, 6.45) is 0. The van der Waals surface area contributed by atoms with E-state index in [1.54, 1.807) is 31.2 Å². The van der Waals surface area contributed by atoms with Crippen LogP contribution in [0.2, 0.25) is 0 Å². The molecule has 1 N–H and O–H groups in total. The van der Waals surface area contributed by atoms with E-state index >= 15 is 0 Å². The van der Waals surface area contributed by atoms with Gasteiger partial charge >= 0.3 is 5.97 Å². The van der Waals surface area contributed by atoms with E-state index in [2.05, 4.69) is 21.2 Å². The number of ether oxygens (including phenoxy) is 2. The third-order valence-electron chi connectivity index (χ3n) is 3.83. The summed E-state index contributed by atoms with van der Waals surface area (Å²) in [4.78, 5) is 24.1. The van der Waals surface area contributed by atoms with E-state index in [-0.39, 0.29) is 24.9 Å². The quantitative estimate of drug-likeness (QED) is 0.486. The highest BCUT2D eigenvalue weighted by molar-refractivity contribution is 9.10. The number of thiophene rings is 1. The lowest BCUT2D eigenvalue weighted by Gasteiger charge is -2.10. The Morgan fingerprint density at radius 1 is 1.18 bits per heavy atom. The number of hydrogen-bond donors (Lipinski definition) is 1. The van der Waals surface area contributed by atoms with Gasteiger partial charge < -0.3 is 14.8 Å². The van der Waals surface area contributed by atoms with Crippen molar-refractivity contribution in [3.63, 3.8) is 0 Å². The van der Waals surface area contributed by atoms with Gasteiger partial charge in [-0.1, -0.05) is 18.2 Å². The molecule has 1 aromatic heterocycles. The number of anilines is 1. The Kier molecular flexibility index (Phi) is 6.31. The van der Waals surface area contributed by atoms with Crippen LogP contribution in [0.15, 0.2) is 40.9 Å². The van der Waals surface area contributed by atoms with Gasteiger partial charge in [0, 0.05) is 12.3 Å². The zero-order valence-electron chi connectivity index (χ0n) is 15.2. The summed E-state index contributed by atoms with van der Waals surface area (Å²) in [6.45, 7) is 3.54. The van der Waals surface area contributed by atoms with Gasteiger partial charge in [-0.15, -0.1) is 11.3 Å². The van der Waals surface area contributed by atoms with Crippen LogP contribution >= 0.6 is 27.3 Å². The van der Waals surface area contributed by atoms with E-state index in [0.29, 0.717) is 30.9 Å². The first kappa shape index (κ1) is 20.3. The lowest BCUT2D eigenvalue weighted by atomic mass is 10.1. The average molecular weight is 466 g/mol. The fraction of sp³-hybridized carbons (Fsp3) is 0.200. The Bertz CT molecular complexity index is 1030. The second-order valence-corrected chi connectivity index (χ2v) is 7.75. The summed E-state index contributed by atoms with van der Waals surface area (Å²) in [5, 5.41) is 3.73. The molecule has 0 unspecified atom stereocenters. The Balaban J connectivity index is 2.04. The van der Waals surface area contributed by atoms with Gasteiger partial charge in [0.2, 0.25) is 5.91 Å². The van der Waals surface area contributed by atoms with Gasteiger partial charge in [0.05, 0.1) is 15.8 Å². The summed E-state index contributed by atoms with van der Waals surface area (Å²) in [5.74, 6) is -0.576. The summed E-state index contributed by atoms with van der Waals surface area (Å²) < 4.78 is 25.6. The molecule has 8 heteroatoms. The molecule has 1 heterocycles. The smallest absolute Gasteiger partial charge is 0.341 e. The maximum atomic E-state index is 13.1. The van der Waals surface area contributed by atoms with Crippen molar-refractivity contribution in [2.75, 3.05) is 11.9 Å².